The van der Waals surface area contributed by atoms with Crippen LogP contribution >= 0.6 is 11.3 Å². The number of methoxy groups -OCH3 is 1. The lowest BCUT2D eigenvalue weighted by Crippen LogP contribution is -2.53. The van der Waals surface area contributed by atoms with E-state index in [2.05, 4.69) is 15.6 Å². The maximum atomic E-state index is 13.0. The fraction of sp³-hybridized carbons (Fsp3) is 0.577. The first-order valence-electron chi connectivity index (χ1n) is 12.1. The molecule has 0 saturated heterocycles. The number of nitrogens with one attached hydrogen (secondary N) is 2. The molecule has 7 heteroatoms. The lowest BCUT2D eigenvalue weighted by atomic mass is 9.49. The van der Waals surface area contributed by atoms with Gasteiger partial charge in [0.05, 0.1) is 12.8 Å². The van der Waals surface area contributed by atoms with Crippen LogP contribution < -0.4 is 15.4 Å². The van der Waals surface area contributed by atoms with Crippen LogP contribution in [-0.4, -0.2) is 30.5 Å². The van der Waals surface area contributed by atoms with Crippen LogP contribution in [0.25, 0.3) is 11.3 Å². The van der Waals surface area contributed by atoms with Crippen LogP contribution in [0.4, 0.5) is 5.13 Å². The van der Waals surface area contributed by atoms with E-state index in [9.17, 15) is 9.59 Å². The molecule has 0 spiro atoms. The Bertz CT molecular complexity index is 1010. The summed E-state index contributed by atoms with van der Waals surface area (Å²) < 4.78 is 5.45. The van der Waals surface area contributed by atoms with Gasteiger partial charge >= 0.3 is 0 Å². The average Bonchev–Trinajstić information content (AvgIpc) is 3.24. The maximum absolute atomic E-state index is 13.0. The normalized spacial score (nSPS) is 27.4. The van der Waals surface area contributed by atoms with Gasteiger partial charge in [0.1, 0.15) is 5.75 Å². The number of nitrogens with zero attached hydrogens (tertiary/aromatic N) is 1. The van der Waals surface area contributed by atoms with E-state index < -0.39 is 0 Å². The fourth-order valence-electron chi connectivity index (χ4n) is 6.69. The second kappa shape index (κ2) is 9.09. The zero-order valence-corrected chi connectivity index (χ0v) is 20.3. The van der Waals surface area contributed by atoms with Crippen molar-refractivity contribution >= 4 is 28.3 Å². The standard InChI is InChI=1S/C26H33N3O3S/c1-16-5-6-22(32-2)20(8-16)21-15-33-25(28-21)29-23(30)4-3-7-27-24(31)26-12-17-9-18(13-26)11-19(10-17)14-26/h5-6,8,15,17-19H,3-4,7,9-14H2,1-2H3,(H,27,31)(H,28,29,30). The third-order valence-corrected chi connectivity index (χ3v) is 8.53. The summed E-state index contributed by atoms with van der Waals surface area (Å²) >= 11 is 1.41. The highest BCUT2D eigenvalue weighted by atomic mass is 32.1. The van der Waals surface area contributed by atoms with Gasteiger partial charge in [0.25, 0.3) is 0 Å². The summed E-state index contributed by atoms with van der Waals surface area (Å²) in [5.41, 5.74) is 2.71. The van der Waals surface area contributed by atoms with E-state index >= 15 is 0 Å². The van der Waals surface area contributed by atoms with Crippen molar-refractivity contribution in [3.05, 3.63) is 29.1 Å². The van der Waals surface area contributed by atoms with E-state index in [1.54, 1.807) is 7.11 Å². The highest BCUT2D eigenvalue weighted by Crippen LogP contribution is 2.60. The Morgan fingerprint density at radius 2 is 1.85 bits per heavy atom. The summed E-state index contributed by atoms with van der Waals surface area (Å²) in [5, 5.41) is 8.56. The Hall–Kier alpha value is -2.41. The summed E-state index contributed by atoms with van der Waals surface area (Å²) in [4.78, 5) is 30.0. The van der Waals surface area contributed by atoms with Gasteiger partial charge in [0.15, 0.2) is 5.13 Å². The molecule has 0 atom stereocenters. The van der Waals surface area contributed by atoms with Crippen LogP contribution in [0.3, 0.4) is 0 Å². The number of benzene rings is 1. The largest absolute Gasteiger partial charge is 0.496 e. The number of amides is 2. The van der Waals surface area contributed by atoms with E-state index in [1.165, 1.54) is 30.6 Å². The van der Waals surface area contributed by atoms with E-state index in [0.717, 1.165) is 59.6 Å². The summed E-state index contributed by atoms with van der Waals surface area (Å²) in [6, 6.07) is 5.96. The van der Waals surface area contributed by atoms with Gasteiger partial charge in [-0.3, -0.25) is 9.59 Å². The zero-order chi connectivity index (χ0) is 23.0. The Morgan fingerprint density at radius 3 is 2.52 bits per heavy atom. The minimum atomic E-state index is -0.120. The van der Waals surface area contributed by atoms with Gasteiger partial charge in [-0.2, -0.15) is 0 Å². The molecule has 4 bridgehead atoms. The molecule has 0 aliphatic heterocycles. The van der Waals surface area contributed by atoms with E-state index in [-0.39, 0.29) is 17.2 Å². The molecule has 2 amide bonds. The minimum Gasteiger partial charge on any atom is -0.496 e. The third-order valence-electron chi connectivity index (χ3n) is 7.77. The molecule has 0 radical (unpaired) electrons. The van der Waals surface area contributed by atoms with Crippen molar-refractivity contribution in [1.29, 1.82) is 0 Å². The molecule has 4 fully saturated rings. The lowest BCUT2D eigenvalue weighted by Gasteiger charge is -2.55. The summed E-state index contributed by atoms with van der Waals surface area (Å²) in [6.07, 6.45) is 8.22. The smallest absolute Gasteiger partial charge is 0.226 e. The Morgan fingerprint density at radius 1 is 1.15 bits per heavy atom. The van der Waals surface area contributed by atoms with Crippen molar-refractivity contribution < 1.29 is 14.3 Å². The minimum absolute atomic E-state index is 0.0730. The molecule has 1 heterocycles. The Kier molecular flexibility index (Phi) is 6.16. The molecule has 4 saturated carbocycles. The van der Waals surface area contributed by atoms with Crippen LogP contribution in [-0.2, 0) is 9.59 Å². The van der Waals surface area contributed by atoms with Crippen LogP contribution in [0.15, 0.2) is 23.6 Å². The number of carbonyl (C=O) groups excluding carboxylic acids is 2. The molecule has 0 unspecified atom stereocenters. The number of thiazole rings is 1. The molecule has 4 aliphatic rings. The highest BCUT2D eigenvalue weighted by molar-refractivity contribution is 7.14. The van der Waals surface area contributed by atoms with Crippen LogP contribution in [0.1, 0.15) is 56.9 Å². The van der Waals surface area contributed by atoms with Crippen LogP contribution in [0.5, 0.6) is 5.75 Å². The Balaban J connectivity index is 1.09. The van der Waals surface area contributed by atoms with Gasteiger partial charge in [-0.25, -0.2) is 4.98 Å². The van der Waals surface area contributed by atoms with Gasteiger partial charge in [0.2, 0.25) is 11.8 Å². The predicted octanol–water partition coefficient (Wildman–Crippen LogP) is 5.18. The zero-order valence-electron chi connectivity index (χ0n) is 19.5. The van der Waals surface area contributed by atoms with Crippen LogP contribution in [0.2, 0.25) is 0 Å². The quantitative estimate of drug-likeness (QED) is 0.524. The second-order valence-corrected chi connectivity index (χ2v) is 11.2. The third kappa shape index (κ3) is 4.65. The number of hydrogen-bond donors (Lipinski definition) is 2. The molecule has 1 aromatic heterocycles. The van der Waals surface area contributed by atoms with Crippen molar-refractivity contribution in [3.63, 3.8) is 0 Å². The van der Waals surface area contributed by atoms with Gasteiger partial charge in [-0.15, -0.1) is 11.3 Å². The van der Waals surface area contributed by atoms with Crippen molar-refractivity contribution in [2.24, 2.45) is 23.2 Å². The first-order chi connectivity index (χ1) is 15.9. The molecule has 176 valence electrons. The number of aromatic nitrogens is 1. The highest BCUT2D eigenvalue weighted by Gasteiger charge is 2.54. The SMILES string of the molecule is COc1ccc(C)cc1-c1csc(NC(=O)CCCNC(=O)C23CC4CC(CC(C4)C2)C3)n1. The van der Waals surface area contributed by atoms with Gasteiger partial charge in [-0.1, -0.05) is 11.6 Å². The van der Waals surface area contributed by atoms with Gasteiger partial charge in [-0.05, 0) is 81.8 Å². The molecule has 1 aromatic carbocycles. The molecule has 4 aliphatic carbocycles. The summed E-state index contributed by atoms with van der Waals surface area (Å²) in [5.74, 6) is 3.20. The number of carbonyl (C=O) groups is 2. The first-order valence-corrected chi connectivity index (χ1v) is 13.0. The van der Waals surface area contributed by atoms with Crippen molar-refractivity contribution in [2.75, 3.05) is 19.0 Å². The van der Waals surface area contributed by atoms with E-state index in [0.29, 0.717) is 24.5 Å². The molecular weight excluding hydrogens is 434 g/mol. The molecule has 2 aromatic rings. The molecular formula is C26H33N3O3S. The number of ether oxygens (including phenoxy) is 1. The summed E-state index contributed by atoms with van der Waals surface area (Å²) in [6.45, 7) is 2.58. The van der Waals surface area contributed by atoms with Gasteiger partial charge < -0.3 is 15.4 Å². The number of rotatable bonds is 8. The monoisotopic (exact) mass is 467 g/mol. The van der Waals surface area contributed by atoms with Crippen LogP contribution in [0, 0.1) is 30.1 Å². The summed E-state index contributed by atoms with van der Waals surface area (Å²) in [7, 11) is 1.64. The topological polar surface area (TPSA) is 80.3 Å². The van der Waals surface area contributed by atoms with Crippen molar-refractivity contribution in [2.45, 2.75) is 58.3 Å². The molecule has 6 nitrogen and oxygen atoms in total. The van der Waals surface area contributed by atoms with E-state index in [4.69, 9.17) is 4.74 Å². The van der Waals surface area contributed by atoms with Gasteiger partial charge in [0, 0.05) is 29.3 Å². The molecule has 2 N–H and O–H groups in total. The number of hydrogen-bond acceptors (Lipinski definition) is 5. The fourth-order valence-corrected chi connectivity index (χ4v) is 7.41. The predicted molar refractivity (Wildman–Crippen MR) is 130 cm³/mol. The van der Waals surface area contributed by atoms with E-state index in [1.807, 2.05) is 30.5 Å². The average molecular weight is 468 g/mol. The van der Waals surface area contributed by atoms with Crippen molar-refractivity contribution in [1.82, 2.24) is 10.3 Å². The molecule has 6 rings (SSSR count). The second-order valence-electron chi connectivity index (χ2n) is 10.3. The molecule has 33 heavy (non-hydrogen) atoms. The lowest BCUT2D eigenvalue weighted by molar-refractivity contribution is -0.146. The Labute approximate surface area is 199 Å². The number of anilines is 1. The number of aryl methyl sites for hydroxylation is 1. The maximum Gasteiger partial charge on any atom is 0.226 e. The van der Waals surface area contributed by atoms with Crippen molar-refractivity contribution in [3.8, 4) is 17.0 Å². The first kappa shape index (κ1) is 22.4.